The highest BCUT2D eigenvalue weighted by Gasteiger charge is 2.22. The van der Waals surface area contributed by atoms with E-state index in [1.54, 1.807) is 14.2 Å². The zero-order valence-corrected chi connectivity index (χ0v) is 12.0. The number of hydrogen-bond acceptors (Lipinski definition) is 4. The van der Waals surface area contributed by atoms with Gasteiger partial charge in [0.1, 0.15) is 11.5 Å². The molecule has 0 aromatic heterocycles. The molecule has 1 aliphatic heterocycles. The minimum Gasteiger partial charge on any atom is -0.497 e. The lowest BCUT2D eigenvalue weighted by Crippen LogP contribution is -2.32. The molecule has 1 fully saturated rings. The quantitative estimate of drug-likeness (QED) is 0.905. The fraction of sp³-hybridized carbons (Fsp3) is 0.571. The van der Waals surface area contributed by atoms with E-state index in [9.17, 15) is 0 Å². The van der Waals surface area contributed by atoms with Crippen LogP contribution in [0.4, 0.5) is 5.69 Å². The zero-order valence-electron chi connectivity index (χ0n) is 11.2. The van der Waals surface area contributed by atoms with Crippen LogP contribution in [-0.4, -0.2) is 31.3 Å². The minimum atomic E-state index is 0.504. The van der Waals surface area contributed by atoms with E-state index in [4.69, 9.17) is 9.47 Å². The maximum absolute atomic E-state index is 5.40. The largest absolute Gasteiger partial charge is 0.497 e. The number of methoxy groups -OCH3 is 2. The van der Waals surface area contributed by atoms with Gasteiger partial charge in [-0.1, -0.05) is 6.92 Å². The summed E-state index contributed by atoms with van der Waals surface area (Å²) in [5.41, 5.74) is 1.02. The minimum absolute atomic E-state index is 0.504. The second-order valence-corrected chi connectivity index (χ2v) is 6.02. The molecule has 18 heavy (non-hydrogen) atoms. The Bertz CT molecular complexity index is 397. The number of rotatable bonds is 4. The third-order valence-corrected chi connectivity index (χ3v) is 4.73. The molecule has 2 atom stereocenters. The van der Waals surface area contributed by atoms with Gasteiger partial charge in [0.2, 0.25) is 0 Å². The highest BCUT2D eigenvalue weighted by atomic mass is 32.2. The summed E-state index contributed by atoms with van der Waals surface area (Å²) >= 11 is 2.03. The number of nitrogens with one attached hydrogen (secondary N) is 1. The van der Waals surface area contributed by atoms with Gasteiger partial charge in [-0.3, -0.25) is 0 Å². The number of hydrogen-bond donors (Lipinski definition) is 1. The van der Waals surface area contributed by atoms with Crippen LogP contribution in [0.5, 0.6) is 11.5 Å². The van der Waals surface area contributed by atoms with Gasteiger partial charge in [-0.05, 0) is 30.7 Å². The first-order valence-electron chi connectivity index (χ1n) is 6.34. The van der Waals surface area contributed by atoms with E-state index in [2.05, 4.69) is 12.2 Å². The number of thioether (sulfide) groups is 1. The predicted octanol–water partition coefficient (Wildman–Crippen LogP) is 3.40. The van der Waals surface area contributed by atoms with E-state index in [0.717, 1.165) is 17.2 Å². The van der Waals surface area contributed by atoms with Crippen LogP contribution in [0.1, 0.15) is 19.8 Å². The average Bonchev–Trinajstić information content (AvgIpc) is 2.41. The molecule has 1 saturated heterocycles. The second kappa shape index (κ2) is 6.23. The Morgan fingerprint density at radius 1 is 1.28 bits per heavy atom. The van der Waals surface area contributed by atoms with Gasteiger partial charge in [-0.15, -0.1) is 0 Å². The van der Waals surface area contributed by atoms with Crippen LogP contribution in [0.3, 0.4) is 0 Å². The molecule has 2 rings (SSSR count). The van der Waals surface area contributed by atoms with Crippen molar-refractivity contribution in [1.82, 2.24) is 0 Å². The van der Waals surface area contributed by atoms with E-state index in [1.165, 1.54) is 18.6 Å². The molecule has 0 radical (unpaired) electrons. The molecule has 0 saturated carbocycles. The fourth-order valence-corrected chi connectivity index (χ4v) is 3.38. The topological polar surface area (TPSA) is 30.5 Å². The molecule has 1 N–H and O–H groups in total. The SMILES string of the molecule is COc1ccc(OC)c(NC2CCCSC2C)c1. The van der Waals surface area contributed by atoms with Crippen molar-refractivity contribution in [2.75, 3.05) is 25.3 Å². The van der Waals surface area contributed by atoms with Crippen LogP contribution in [0.25, 0.3) is 0 Å². The maximum Gasteiger partial charge on any atom is 0.142 e. The summed E-state index contributed by atoms with van der Waals surface area (Å²) in [6.07, 6.45) is 2.49. The van der Waals surface area contributed by atoms with E-state index in [-0.39, 0.29) is 0 Å². The monoisotopic (exact) mass is 267 g/mol. The van der Waals surface area contributed by atoms with Crippen LogP contribution in [0, 0.1) is 0 Å². The van der Waals surface area contributed by atoms with Crippen molar-refractivity contribution in [3.8, 4) is 11.5 Å². The molecule has 0 spiro atoms. The van der Waals surface area contributed by atoms with Crippen LogP contribution in [-0.2, 0) is 0 Å². The van der Waals surface area contributed by atoms with Gasteiger partial charge in [-0.2, -0.15) is 11.8 Å². The maximum atomic E-state index is 5.40. The first-order chi connectivity index (χ1) is 8.74. The first-order valence-corrected chi connectivity index (χ1v) is 7.39. The Labute approximate surface area is 113 Å². The Kier molecular flexibility index (Phi) is 4.64. The summed E-state index contributed by atoms with van der Waals surface area (Å²) in [4.78, 5) is 0. The molecule has 1 aromatic rings. The molecule has 1 aromatic carbocycles. The molecular formula is C14H21NO2S. The molecular weight excluding hydrogens is 246 g/mol. The Morgan fingerprint density at radius 3 is 2.78 bits per heavy atom. The lowest BCUT2D eigenvalue weighted by Gasteiger charge is -2.30. The van der Waals surface area contributed by atoms with Crippen LogP contribution in [0.2, 0.25) is 0 Å². The highest BCUT2D eigenvalue weighted by molar-refractivity contribution is 8.00. The van der Waals surface area contributed by atoms with Crippen LogP contribution >= 0.6 is 11.8 Å². The summed E-state index contributed by atoms with van der Waals surface area (Å²) in [7, 11) is 3.39. The summed E-state index contributed by atoms with van der Waals surface area (Å²) in [6, 6.07) is 6.38. The Hall–Kier alpha value is -1.03. The van der Waals surface area contributed by atoms with Crippen molar-refractivity contribution >= 4 is 17.4 Å². The third kappa shape index (κ3) is 3.05. The number of ether oxygens (including phenoxy) is 2. The van der Waals surface area contributed by atoms with E-state index in [0.29, 0.717) is 11.3 Å². The fourth-order valence-electron chi connectivity index (χ4n) is 2.24. The van der Waals surface area contributed by atoms with Gasteiger partial charge in [0.25, 0.3) is 0 Å². The predicted molar refractivity (Wildman–Crippen MR) is 78.1 cm³/mol. The van der Waals surface area contributed by atoms with Gasteiger partial charge >= 0.3 is 0 Å². The lowest BCUT2D eigenvalue weighted by atomic mass is 10.1. The molecule has 2 unspecified atom stereocenters. The molecule has 3 nitrogen and oxygen atoms in total. The molecule has 0 bridgehead atoms. The van der Waals surface area contributed by atoms with E-state index >= 15 is 0 Å². The van der Waals surface area contributed by atoms with Crippen molar-refractivity contribution < 1.29 is 9.47 Å². The average molecular weight is 267 g/mol. The number of benzene rings is 1. The van der Waals surface area contributed by atoms with E-state index < -0.39 is 0 Å². The summed E-state index contributed by atoms with van der Waals surface area (Å²) in [5, 5.41) is 4.23. The number of anilines is 1. The summed E-state index contributed by atoms with van der Waals surface area (Å²) in [5.74, 6) is 3.00. The van der Waals surface area contributed by atoms with Gasteiger partial charge in [0.15, 0.2) is 0 Å². The first kappa shape index (κ1) is 13.4. The summed E-state index contributed by atoms with van der Waals surface area (Å²) in [6.45, 7) is 2.29. The van der Waals surface area contributed by atoms with Crippen molar-refractivity contribution in [2.45, 2.75) is 31.1 Å². The molecule has 0 amide bonds. The molecule has 1 heterocycles. The van der Waals surface area contributed by atoms with Crippen molar-refractivity contribution in [1.29, 1.82) is 0 Å². The second-order valence-electron chi connectivity index (χ2n) is 4.54. The van der Waals surface area contributed by atoms with Gasteiger partial charge in [0.05, 0.1) is 19.9 Å². The standard InChI is InChI=1S/C14H21NO2S/c1-10-12(5-4-8-18-10)15-13-9-11(16-2)6-7-14(13)17-3/h6-7,9-10,12,15H,4-5,8H2,1-3H3. The molecule has 100 valence electrons. The lowest BCUT2D eigenvalue weighted by molar-refractivity contribution is 0.404. The van der Waals surface area contributed by atoms with E-state index in [1.807, 2.05) is 30.0 Å². The molecule has 0 aliphatic carbocycles. The zero-order chi connectivity index (χ0) is 13.0. The Morgan fingerprint density at radius 2 is 2.11 bits per heavy atom. The van der Waals surface area contributed by atoms with Crippen molar-refractivity contribution in [3.63, 3.8) is 0 Å². The Balaban J connectivity index is 2.15. The van der Waals surface area contributed by atoms with Gasteiger partial charge in [0, 0.05) is 17.4 Å². The molecule has 4 heteroatoms. The van der Waals surface area contributed by atoms with Crippen LogP contribution in [0.15, 0.2) is 18.2 Å². The summed E-state index contributed by atoms with van der Waals surface area (Å²) < 4.78 is 10.7. The normalized spacial score (nSPS) is 23.5. The highest BCUT2D eigenvalue weighted by Crippen LogP contribution is 2.33. The van der Waals surface area contributed by atoms with Crippen molar-refractivity contribution in [2.24, 2.45) is 0 Å². The molecule has 1 aliphatic rings. The van der Waals surface area contributed by atoms with Gasteiger partial charge in [-0.25, -0.2) is 0 Å². The van der Waals surface area contributed by atoms with Crippen LogP contribution < -0.4 is 14.8 Å². The van der Waals surface area contributed by atoms with Gasteiger partial charge < -0.3 is 14.8 Å². The third-order valence-electron chi connectivity index (χ3n) is 3.35. The van der Waals surface area contributed by atoms with Crippen molar-refractivity contribution in [3.05, 3.63) is 18.2 Å². The smallest absolute Gasteiger partial charge is 0.142 e.